The Kier molecular flexibility index (Phi) is 11.0. The standard InChI is InChI=1S/C26H36N2O5/c1-4-7-8-9-15-32-21(19-31-14-10-13-29)18-28-24-22-16-20(17-27)11-12-23(22)33-26(5-2,6-3)25(24)30/h10-12,16,19,24-25,28,30H,4-9,14-15,18H2,1-3H3/t24-,25+/m0/s1. The lowest BCUT2D eigenvalue weighted by molar-refractivity contribution is -0.0921. The zero-order chi connectivity index (χ0) is 24.1. The fourth-order valence-electron chi connectivity index (χ4n) is 4.03. The van der Waals surface area contributed by atoms with Crippen LogP contribution in [0.1, 0.15) is 76.5 Å². The predicted octanol–water partition coefficient (Wildman–Crippen LogP) is 4.34. The van der Waals surface area contributed by atoms with E-state index in [9.17, 15) is 15.2 Å². The summed E-state index contributed by atoms with van der Waals surface area (Å²) < 4.78 is 17.6. The highest BCUT2D eigenvalue weighted by atomic mass is 16.5. The molecule has 33 heavy (non-hydrogen) atoms. The molecule has 0 spiro atoms. The summed E-state index contributed by atoms with van der Waals surface area (Å²) in [7, 11) is 0. The molecule has 1 aromatic carbocycles. The molecule has 0 radical (unpaired) electrons. The summed E-state index contributed by atoms with van der Waals surface area (Å²) in [5, 5.41) is 24.1. The third-order valence-corrected chi connectivity index (χ3v) is 6.10. The van der Waals surface area contributed by atoms with Crippen LogP contribution in [0.2, 0.25) is 0 Å². The van der Waals surface area contributed by atoms with Gasteiger partial charge in [-0.15, -0.1) is 0 Å². The summed E-state index contributed by atoms with van der Waals surface area (Å²) in [5.74, 6) is 2.92. The first-order chi connectivity index (χ1) is 16.0. The van der Waals surface area contributed by atoms with Gasteiger partial charge in [-0.2, -0.15) is 5.26 Å². The zero-order valence-corrected chi connectivity index (χ0v) is 19.9. The van der Waals surface area contributed by atoms with Gasteiger partial charge in [-0.3, -0.25) is 0 Å². The third kappa shape index (κ3) is 7.10. The molecular weight excluding hydrogens is 420 g/mol. The molecule has 7 heteroatoms. The van der Waals surface area contributed by atoms with Gasteiger partial charge < -0.3 is 24.6 Å². The summed E-state index contributed by atoms with van der Waals surface area (Å²) >= 11 is 0. The van der Waals surface area contributed by atoms with Crippen LogP contribution in [0.15, 0.2) is 36.3 Å². The smallest absolute Gasteiger partial charge is 0.144 e. The van der Waals surface area contributed by atoms with Gasteiger partial charge in [0.05, 0.1) is 30.8 Å². The SMILES string of the molecule is CCCCCCOC(=COCC=C=O)CN[C@H]1c2cc(C#N)ccc2OC(CC)(CC)[C@@H]1O. The van der Waals surface area contributed by atoms with Crippen molar-refractivity contribution in [3.05, 3.63) is 47.4 Å². The number of benzene rings is 1. The Hall–Kier alpha value is -2.78. The molecule has 0 aromatic heterocycles. The molecule has 1 heterocycles. The lowest BCUT2D eigenvalue weighted by atomic mass is 9.80. The van der Waals surface area contributed by atoms with Crippen molar-refractivity contribution >= 4 is 5.94 Å². The fourth-order valence-corrected chi connectivity index (χ4v) is 4.03. The molecule has 1 aromatic rings. The molecule has 0 saturated heterocycles. The number of rotatable bonds is 14. The molecule has 2 N–H and O–H groups in total. The van der Waals surface area contributed by atoms with E-state index in [2.05, 4.69) is 18.3 Å². The van der Waals surface area contributed by atoms with Crippen LogP contribution in [-0.4, -0.2) is 42.5 Å². The first kappa shape index (κ1) is 26.5. The molecule has 180 valence electrons. The Morgan fingerprint density at radius 2 is 2.06 bits per heavy atom. The van der Waals surface area contributed by atoms with E-state index in [1.54, 1.807) is 24.1 Å². The highest BCUT2D eigenvalue weighted by Gasteiger charge is 2.47. The summed E-state index contributed by atoms with van der Waals surface area (Å²) in [5.41, 5.74) is 0.518. The highest BCUT2D eigenvalue weighted by Crippen LogP contribution is 2.43. The summed E-state index contributed by atoms with van der Waals surface area (Å²) in [4.78, 5) is 10.4. The van der Waals surface area contributed by atoms with Gasteiger partial charge in [0.2, 0.25) is 0 Å². The average molecular weight is 457 g/mol. The Morgan fingerprint density at radius 1 is 1.27 bits per heavy atom. The minimum absolute atomic E-state index is 0.106. The number of nitrogens with zero attached hydrogens (tertiary/aromatic N) is 1. The van der Waals surface area contributed by atoms with Gasteiger partial charge in [0, 0.05) is 11.6 Å². The van der Waals surface area contributed by atoms with E-state index in [0.29, 0.717) is 43.1 Å². The zero-order valence-electron chi connectivity index (χ0n) is 19.9. The van der Waals surface area contributed by atoms with Crippen LogP contribution in [0, 0.1) is 11.3 Å². The van der Waals surface area contributed by atoms with Crippen molar-refractivity contribution in [2.24, 2.45) is 0 Å². The maximum Gasteiger partial charge on any atom is 0.144 e. The number of hydrogen-bond acceptors (Lipinski definition) is 7. The minimum atomic E-state index is -0.821. The number of hydrogen-bond donors (Lipinski definition) is 2. The van der Waals surface area contributed by atoms with Gasteiger partial charge in [0.25, 0.3) is 0 Å². The molecule has 2 rings (SSSR count). The Bertz CT molecular complexity index is 866. The van der Waals surface area contributed by atoms with E-state index in [-0.39, 0.29) is 6.61 Å². The molecule has 1 aliphatic rings. The van der Waals surface area contributed by atoms with Crippen LogP contribution in [0.4, 0.5) is 0 Å². The lowest BCUT2D eigenvalue weighted by Gasteiger charge is -2.46. The number of unbranched alkanes of at least 4 members (excludes halogenated alkanes) is 3. The predicted molar refractivity (Wildman–Crippen MR) is 126 cm³/mol. The second kappa shape index (κ2) is 13.7. The maximum atomic E-state index is 11.3. The summed E-state index contributed by atoms with van der Waals surface area (Å²) in [6.07, 6.45) is 7.52. The van der Waals surface area contributed by atoms with Gasteiger partial charge >= 0.3 is 0 Å². The number of ether oxygens (including phenoxy) is 3. The van der Waals surface area contributed by atoms with E-state index >= 15 is 0 Å². The Morgan fingerprint density at radius 3 is 2.73 bits per heavy atom. The third-order valence-electron chi connectivity index (χ3n) is 6.10. The number of carbonyl (C=O) groups excluding carboxylic acids is 1. The molecule has 0 fully saturated rings. The molecule has 1 aliphatic heterocycles. The highest BCUT2D eigenvalue weighted by molar-refractivity contribution is 5.46. The van der Waals surface area contributed by atoms with Crippen LogP contribution < -0.4 is 10.1 Å². The monoisotopic (exact) mass is 456 g/mol. The van der Waals surface area contributed by atoms with Crippen molar-refractivity contribution in [1.29, 1.82) is 5.26 Å². The van der Waals surface area contributed by atoms with E-state index in [0.717, 1.165) is 31.2 Å². The average Bonchev–Trinajstić information content (AvgIpc) is 2.84. The van der Waals surface area contributed by atoms with Crippen molar-refractivity contribution in [2.75, 3.05) is 19.8 Å². The van der Waals surface area contributed by atoms with Crippen molar-refractivity contribution < 1.29 is 24.1 Å². The lowest BCUT2D eigenvalue weighted by Crippen LogP contribution is -2.55. The Balaban J connectivity index is 2.21. The van der Waals surface area contributed by atoms with Gasteiger partial charge in [-0.1, -0.05) is 40.0 Å². The maximum absolute atomic E-state index is 11.3. The van der Waals surface area contributed by atoms with Crippen LogP contribution in [-0.2, 0) is 14.3 Å². The largest absolute Gasteiger partial charge is 0.493 e. The van der Waals surface area contributed by atoms with E-state index in [1.165, 1.54) is 12.3 Å². The van der Waals surface area contributed by atoms with Gasteiger partial charge in [0.1, 0.15) is 42.0 Å². The number of aliphatic hydroxyl groups excluding tert-OH is 1. The van der Waals surface area contributed by atoms with Crippen molar-refractivity contribution in [3.8, 4) is 11.8 Å². The van der Waals surface area contributed by atoms with Gasteiger partial charge in [0.15, 0.2) is 0 Å². The van der Waals surface area contributed by atoms with Gasteiger partial charge in [-0.05, 0) is 37.5 Å². The van der Waals surface area contributed by atoms with Crippen LogP contribution >= 0.6 is 0 Å². The fraction of sp³-hybridized carbons (Fsp3) is 0.577. The first-order valence-electron chi connectivity index (χ1n) is 11.8. The molecular formula is C26H36N2O5. The van der Waals surface area contributed by atoms with Crippen molar-refractivity contribution in [2.45, 2.75) is 77.0 Å². The second-order valence-electron chi connectivity index (χ2n) is 8.19. The first-order valence-corrected chi connectivity index (χ1v) is 11.8. The summed E-state index contributed by atoms with van der Waals surface area (Å²) in [6, 6.07) is 6.98. The number of aliphatic hydroxyl groups is 1. The van der Waals surface area contributed by atoms with Crippen molar-refractivity contribution in [3.63, 3.8) is 0 Å². The van der Waals surface area contributed by atoms with Crippen LogP contribution in [0.3, 0.4) is 0 Å². The van der Waals surface area contributed by atoms with Crippen LogP contribution in [0.25, 0.3) is 0 Å². The minimum Gasteiger partial charge on any atom is -0.493 e. The van der Waals surface area contributed by atoms with Crippen molar-refractivity contribution in [1.82, 2.24) is 5.32 Å². The van der Waals surface area contributed by atoms with Gasteiger partial charge in [-0.25, -0.2) is 4.79 Å². The Labute approximate surface area is 197 Å². The number of fused-ring (bicyclic) bond motifs is 1. The summed E-state index contributed by atoms with van der Waals surface area (Å²) in [6.45, 7) is 7.12. The number of nitrogens with one attached hydrogen (secondary N) is 1. The van der Waals surface area contributed by atoms with Crippen LogP contribution in [0.5, 0.6) is 5.75 Å². The topological polar surface area (TPSA) is 101 Å². The molecule has 0 unspecified atom stereocenters. The molecule has 0 saturated carbocycles. The molecule has 0 bridgehead atoms. The molecule has 7 nitrogen and oxygen atoms in total. The van der Waals surface area contributed by atoms with E-state index in [4.69, 9.17) is 14.2 Å². The molecule has 2 atom stereocenters. The van der Waals surface area contributed by atoms with E-state index in [1.807, 2.05) is 13.8 Å². The number of nitriles is 1. The second-order valence-corrected chi connectivity index (χ2v) is 8.19. The quantitative estimate of drug-likeness (QED) is 0.244. The molecule has 0 aliphatic carbocycles. The van der Waals surface area contributed by atoms with E-state index < -0.39 is 17.7 Å². The normalized spacial score (nSPS) is 18.9. The molecule has 0 amide bonds.